The summed E-state index contributed by atoms with van der Waals surface area (Å²) < 4.78 is 0. The van der Waals surface area contributed by atoms with Crippen LogP contribution in [0, 0.1) is 0 Å². The number of benzene rings is 2. The molecule has 2 aromatic rings. The summed E-state index contributed by atoms with van der Waals surface area (Å²) >= 11 is 0. The van der Waals surface area contributed by atoms with Crippen LogP contribution >= 0.6 is 0 Å². The van der Waals surface area contributed by atoms with Gasteiger partial charge in [0, 0.05) is 29.5 Å². The fourth-order valence-electron chi connectivity index (χ4n) is 3.92. The number of ketones is 3. The van der Waals surface area contributed by atoms with Gasteiger partial charge in [0.25, 0.3) is 0 Å². The Hall–Kier alpha value is -3.03. The Balaban J connectivity index is 1.98. The van der Waals surface area contributed by atoms with E-state index in [4.69, 9.17) is 0 Å². The maximum absolute atomic E-state index is 12.9. The second kappa shape index (κ2) is 5.48. The summed E-state index contributed by atoms with van der Waals surface area (Å²) in [5.74, 6) is -2.74. The topological polar surface area (TPSA) is 132 Å². The molecule has 2 unspecified atom stereocenters. The SMILES string of the molecule is CC(=O)C1(O)Cc2c(cc3c(c2O)C(=O)c2cccc(O)c2C3=O)C(O)C1. The van der Waals surface area contributed by atoms with Gasteiger partial charge in [-0.2, -0.15) is 0 Å². The minimum Gasteiger partial charge on any atom is -0.507 e. The Morgan fingerprint density at radius 2 is 1.78 bits per heavy atom. The van der Waals surface area contributed by atoms with E-state index in [1.54, 1.807) is 0 Å². The summed E-state index contributed by atoms with van der Waals surface area (Å²) in [6.45, 7) is 1.18. The number of phenolic OH excluding ortho intramolecular Hbond substituents is 2. The van der Waals surface area contributed by atoms with Gasteiger partial charge >= 0.3 is 0 Å². The van der Waals surface area contributed by atoms with Crippen molar-refractivity contribution in [1.29, 1.82) is 0 Å². The molecule has 4 N–H and O–H groups in total. The van der Waals surface area contributed by atoms with Crippen molar-refractivity contribution in [2.24, 2.45) is 0 Å². The fraction of sp³-hybridized carbons (Fsp3) is 0.250. The zero-order valence-corrected chi connectivity index (χ0v) is 14.3. The summed E-state index contributed by atoms with van der Waals surface area (Å²) in [5.41, 5.74) is -2.20. The number of rotatable bonds is 1. The van der Waals surface area contributed by atoms with Crippen molar-refractivity contribution in [3.05, 3.63) is 57.6 Å². The molecule has 2 aliphatic rings. The number of hydrogen-bond acceptors (Lipinski definition) is 7. The smallest absolute Gasteiger partial charge is 0.198 e. The van der Waals surface area contributed by atoms with Crippen molar-refractivity contribution in [3.63, 3.8) is 0 Å². The zero-order chi connectivity index (χ0) is 19.7. The second-order valence-corrected chi connectivity index (χ2v) is 7.06. The number of aromatic hydroxyl groups is 2. The number of phenols is 2. The van der Waals surface area contributed by atoms with Crippen LogP contribution in [-0.2, 0) is 11.2 Å². The van der Waals surface area contributed by atoms with Crippen molar-refractivity contribution >= 4 is 17.3 Å². The first kappa shape index (κ1) is 17.4. The molecule has 27 heavy (non-hydrogen) atoms. The highest BCUT2D eigenvalue weighted by molar-refractivity contribution is 6.30. The van der Waals surface area contributed by atoms with Crippen LogP contribution in [0.3, 0.4) is 0 Å². The lowest BCUT2D eigenvalue weighted by atomic mass is 9.73. The van der Waals surface area contributed by atoms with E-state index in [0.29, 0.717) is 0 Å². The number of hydrogen-bond donors (Lipinski definition) is 4. The predicted octanol–water partition coefficient (Wildman–Crippen LogP) is 1.17. The van der Waals surface area contributed by atoms with Gasteiger partial charge in [-0.05, 0) is 24.6 Å². The van der Waals surface area contributed by atoms with Crippen molar-refractivity contribution in [3.8, 4) is 11.5 Å². The zero-order valence-electron chi connectivity index (χ0n) is 14.3. The Morgan fingerprint density at radius 3 is 2.44 bits per heavy atom. The van der Waals surface area contributed by atoms with E-state index < -0.39 is 34.8 Å². The van der Waals surface area contributed by atoms with Gasteiger partial charge in [0.2, 0.25) is 0 Å². The molecule has 0 saturated carbocycles. The van der Waals surface area contributed by atoms with Gasteiger partial charge in [-0.1, -0.05) is 12.1 Å². The van der Waals surface area contributed by atoms with Crippen LogP contribution in [0.1, 0.15) is 62.4 Å². The van der Waals surface area contributed by atoms with Crippen molar-refractivity contribution < 1.29 is 34.8 Å². The maximum atomic E-state index is 12.9. The van der Waals surface area contributed by atoms with Gasteiger partial charge in [-0.15, -0.1) is 0 Å². The molecule has 0 aliphatic heterocycles. The highest BCUT2D eigenvalue weighted by atomic mass is 16.3. The lowest BCUT2D eigenvalue weighted by Gasteiger charge is -2.36. The number of fused-ring (bicyclic) bond motifs is 3. The van der Waals surface area contributed by atoms with Crippen LogP contribution in [0.5, 0.6) is 11.5 Å². The van der Waals surface area contributed by atoms with E-state index in [1.165, 1.54) is 31.2 Å². The number of Topliss-reactive ketones (excluding diaryl/α,β-unsaturated/α-hetero) is 1. The molecule has 0 fully saturated rings. The highest BCUT2D eigenvalue weighted by Gasteiger charge is 2.44. The van der Waals surface area contributed by atoms with Gasteiger partial charge in [-0.25, -0.2) is 0 Å². The number of aliphatic hydroxyl groups is 2. The lowest BCUT2D eigenvalue weighted by molar-refractivity contribution is -0.139. The fourth-order valence-corrected chi connectivity index (χ4v) is 3.92. The number of aliphatic hydroxyl groups excluding tert-OH is 1. The third kappa shape index (κ3) is 2.25. The first-order valence-electron chi connectivity index (χ1n) is 8.37. The monoisotopic (exact) mass is 368 g/mol. The molecule has 7 heteroatoms. The average Bonchev–Trinajstić information content (AvgIpc) is 2.60. The predicted molar refractivity (Wildman–Crippen MR) is 92.0 cm³/mol. The molecule has 138 valence electrons. The molecule has 2 atom stereocenters. The third-order valence-corrected chi connectivity index (χ3v) is 5.44. The minimum atomic E-state index is -1.87. The maximum Gasteiger partial charge on any atom is 0.198 e. The van der Waals surface area contributed by atoms with Gasteiger partial charge < -0.3 is 20.4 Å². The van der Waals surface area contributed by atoms with Gasteiger partial charge in [-0.3, -0.25) is 14.4 Å². The summed E-state index contributed by atoms with van der Waals surface area (Å²) in [4.78, 5) is 37.5. The van der Waals surface area contributed by atoms with Crippen LogP contribution in [0.4, 0.5) is 0 Å². The molecule has 0 saturated heterocycles. The van der Waals surface area contributed by atoms with E-state index in [-0.39, 0.29) is 52.0 Å². The largest absolute Gasteiger partial charge is 0.507 e. The molecule has 4 rings (SSSR count). The Morgan fingerprint density at radius 1 is 1.11 bits per heavy atom. The van der Waals surface area contributed by atoms with Crippen molar-refractivity contribution in [1.82, 2.24) is 0 Å². The Kier molecular flexibility index (Phi) is 3.53. The van der Waals surface area contributed by atoms with Crippen molar-refractivity contribution in [2.75, 3.05) is 0 Å². The van der Waals surface area contributed by atoms with Gasteiger partial charge in [0.05, 0.1) is 17.2 Å². The molecular formula is C20H16O7. The summed E-state index contributed by atoms with van der Waals surface area (Å²) in [5, 5.41) is 41.6. The molecule has 2 aliphatic carbocycles. The van der Waals surface area contributed by atoms with E-state index in [1.807, 2.05) is 0 Å². The first-order chi connectivity index (χ1) is 12.7. The first-order valence-corrected chi connectivity index (χ1v) is 8.37. The number of carbonyl (C=O) groups is 3. The third-order valence-electron chi connectivity index (χ3n) is 5.44. The standard InChI is InChI=1S/C20H16O7/c1-8(21)20(27)6-12-10(14(23)7-20)5-11-16(19(12)26)17(24)9-3-2-4-13(22)15(9)18(11)25/h2-5,14,22-23,26-27H,6-7H2,1H3. The van der Waals surface area contributed by atoms with Crippen LogP contribution in [-0.4, -0.2) is 43.4 Å². The lowest BCUT2D eigenvalue weighted by Crippen LogP contribution is -2.44. The van der Waals surface area contributed by atoms with E-state index in [9.17, 15) is 34.8 Å². The summed E-state index contributed by atoms with van der Waals surface area (Å²) in [6.07, 6.45) is -1.85. The Bertz CT molecular complexity index is 1050. The van der Waals surface area contributed by atoms with Crippen molar-refractivity contribution in [2.45, 2.75) is 31.5 Å². The van der Waals surface area contributed by atoms with Gasteiger partial charge in [0.1, 0.15) is 17.1 Å². The highest BCUT2D eigenvalue weighted by Crippen LogP contribution is 2.45. The van der Waals surface area contributed by atoms with Crippen LogP contribution < -0.4 is 0 Å². The molecular weight excluding hydrogens is 352 g/mol. The molecule has 0 amide bonds. The molecule has 2 aromatic carbocycles. The number of carbonyl (C=O) groups excluding carboxylic acids is 3. The molecule has 7 nitrogen and oxygen atoms in total. The van der Waals surface area contributed by atoms with Crippen LogP contribution in [0.25, 0.3) is 0 Å². The van der Waals surface area contributed by atoms with Gasteiger partial charge in [0.15, 0.2) is 17.3 Å². The van der Waals surface area contributed by atoms with Crippen LogP contribution in [0.2, 0.25) is 0 Å². The molecule has 0 spiro atoms. The quantitative estimate of drug-likeness (QED) is 0.507. The van der Waals surface area contributed by atoms with Crippen LogP contribution in [0.15, 0.2) is 24.3 Å². The molecule has 0 radical (unpaired) electrons. The van der Waals surface area contributed by atoms with E-state index in [2.05, 4.69) is 0 Å². The molecule has 0 heterocycles. The van der Waals surface area contributed by atoms with E-state index in [0.717, 1.165) is 0 Å². The minimum absolute atomic E-state index is 0.0408. The normalized spacial score (nSPS) is 23.4. The molecule has 0 bridgehead atoms. The second-order valence-electron chi connectivity index (χ2n) is 7.06. The van der Waals surface area contributed by atoms with E-state index >= 15 is 0 Å². The Labute approximate surface area is 153 Å². The summed E-state index contributed by atoms with van der Waals surface area (Å²) in [7, 11) is 0. The summed E-state index contributed by atoms with van der Waals surface area (Å²) in [6, 6.07) is 5.37. The average molecular weight is 368 g/mol. The molecule has 0 aromatic heterocycles.